The van der Waals surface area contributed by atoms with Crippen molar-refractivity contribution >= 4 is 34.5 Å². The number of halogens is 1. The highest BCUT2D eigenvalue weighted by molar-refractivity contribution is 6.30. The fourth-order valence-electron chi connectivity index (χ4n) is 2.62. The van der Waals surface area contributed by atoms with Crippen molar-refractivity contribution in [1.82, 2.24) is 0 Å². The van der Waals surface area contributed by atoms with Gasteiger partial charge in [-0.15, -0.1) is 5.11 Å². The van der Waals surface area contributed by atoms with E-state index >= 15 is 0 Å². The van der Waals surface area contributed by atoms with E-state index in [0.29, 0.717) is 27.8 Å². The third-order valence-corrected chi connectivity index (χ3v) is 4.34. The van der Waals surface area contributed by atoms with Crippen LogP contribution in [0.4, 0.5) is 11.4 Å². The number of carbonyl (C=O) groups excluding carboxylic acids is 1. The molecule has 0 bridgehead atoms. The van der Waals surface area contributed by atoms with Crippen LogP contribution in [-0.2, 0) is 14.3 Å². The lowest BCUT2D eigenvalue weighted by molar-refractivity contribution is -0.133. The fourth-order valence-corrected chi connectivity index (χ4v) is 2.75. The highest BCUT2D eigenvalue weighted by atomic mass is 35.5. The number of nitrogens with zero attached hydrogens (tertiary/aromatic N) is 2. The van der Waals surface area contributed by atoms with E-state index in [1.54, 1.807) is 54.6 Å². The minimum Gasteiger partial charge on any atom is -0.506 e. The smallest absolute Gasteiger partial charge is 0.341 e. The molecule has 7 nitrogen and oxygen atoms in total. The molecule has 0 amide bonds. The van der Waals surface area contributed by atoms with Gasteiger partial charge in [0.25, 0.3) is 0 Å². The summed E-state index contributed by atoms with van der Waals surface area (Å²) in [6, 6.07) is 18.3. The third kappa shape index (κ3) is 5.61. The number of ether oxygens (including phenoxy) is 3. The van der Waals surface area contributed by atoms with E-state index in [-0.39, 0.29) is 17.0 Å². The molecule has 0 spiro atoms. The van der Waals surface area contributed by atoms with Gasteiger partial charge in [-0.2, -0.15) is 5.11 Å². The number of rotatable bonds is 7. The number of benzene rings is 3. The van der Waals surface area contributed by atoms with Gasteiger partial charge in [0.05, 0.1) is 26.2 Å². The summed E-state index contributed by atoms with van der Waals surface area (Å²) in [4.78, 5) is 12.2. The second-order valence-electron chi connectivity index (χ2n) is 6.18. The van der Waals surface area contributed by atoms with Gasteiger partial charge in [-0.3, -0.25) is 0 Å². The highest BCUT2D eigenvalue weighted by Crippen LogP contribution is 2.36. The molecule has 0 saturated heterocycles. The number of carbonyl (C=O) groups is 1. The first kappa shape index (κ1) is 21.9. The molecule has 3 aromatic carbocycles. The van der Waals surface area contributed by atoms with Crippen LogP contribution in [0.2, 0.25) is 5.02 Å². The molecule has 3 aromatic rings. The summed E-state index contributed by atoms with van der Waals surface area (Å²) in [5, 5.41) is 18.9. The van der Waals surface area contributed by atoms with Crippen LogP contribution < -0.4 is 4.74 Å². The molecule has 3 rings (SSSR count). The van der Waals surface area contributed by atoms with Crippen molar-refractivity contribution in [3.05, 3.63) is 83.6 Å². The summed E-state index contributed by atoms with van der Waals surface area (Å²) in [6.07, 6.45) is 1.29. The van der Waals surface area contributed by atoms with Crippen LogP contribution in [0.5, 0.6) is 17.2 Å². The van der Waals surface area contributed by atoms with Gasteiger partial charge in [-0.1, -0.05) is 29.8 Å². The Morgan fingerprint density at radius 1 is 1.00 bits per heavy atom. The highest BCUT2D eigenvalue weighted by Gasteiger charge is 2.18. The van der Waals surface area contributed by atoms with Crippen LogP contribution in [0.3, 0.4) is 0 Å². The zero-order valence-electron chi connectivity index (χ0n) is 16.8. The molecule has 0 saturated carbocycles. The number of hydrogen-bond donors (Lipinski definition) is 1. The first-order chi connectivity index (χ1) is 15.0. The summed E-state index contributed by atoms with van der Waals surface area (Å²) < 4.78 is 15.8. The van der Waals surface area contributed by atoms with Gasteiger partial charge in [0.2, 0.25) is 0 Å². The number of hydrogen-bond acceptors (Lipinski definition) is 7. The second kappa shape index (κ2) is 10.3. The number of phenols is 1. The maximum atomic E-state index is 12.2. The van der Waals surface area contributed by atoms with Gasteiger partial charge in [-0.05, 0) is 42.5 Å². The van der Waals surface area contributed by atoms with Crippen molar-refractivity contribution in [2.45, 2.75) is 0 Å². The van der Waals surface area contributed by atoms with Crippen LogP contribution in [0.25, 0.3) is 5.57 Å². The van der Waals surface area contributed by atoms with Gasteiger partial charge in [0.1, 0.15) is 28.5 Å². The number of methoxy groups -OCH3 is 2. The molecule has 158 valence electrons. The van der Waals surface area contributed by atoms with E-state index in [1.165, 1.54) is 32.6 Å². The quantitative estimate of drug-likeness (QED) is 0.199. The number of phenolic OH excluding ortho intramolecular Hbond substituents is 1. The lowest BCUT2D eigenvalue weighted by Gasteiger charge is -2.13. The number of aromatic hydroxyl groups is 1. The molecule has 0 heterocycles. The molecule has 0 atom stereocenters. The SMILES string of the molecule is COC=C(C(=O)OC)c1ccccc1Oc1ccc(O)c(N=Nc2ccc(Cl)cc2)c1. The van der Waals surface area contributed by atoms with Gasteiger partial charge < -0.3 is 19.3 Å². The maximum absolute atomic E-state index is 12.2. The Labute approximate surface area is 184 Å². The molecule has 0 unspecified atom stereocenters. The van der Waals surface area contributed by atoms with Crippen LogP contribution in [0.15, 0.2) is 83.2 Å². The van der Waals surface area contributed by atoms with Crippen molar-refractivity contribution in [3.63, 3.8) is 0 Å². The minimum atomic E-state index is -0.568. The fraction of sp³-hybridized carbons (Fsp3) is 0.0870. The summed E-state index contributed by atoms with van der Waals surface area (Å²) in [6.45, 7) is 0. The Kier molecular flexibility index (Phi) is 7.24. The molecule has 1 N–H and O–H groups in total. The molecule has 8 heteroatoms. The minimum absolute atomic E-state index is 0.0622. The monoisotopic (exact) mass is 438 g/mol. The molecular weight excluding hydrogens is 420 g/mol. The van der Waals surface area contributed by atoms with Crippen molar-refractivity contribution < 1.29 is 24.1 Å². The predicted molar refractivity (Wildman–Crippen MR) is 117 cm³/mol. The largest absolute Gasteiger partial charge is 0.506 e. The van der Waals surface area contributed by atoms with Crippen molar-refractivity contribution in [3.8, 4) is 17.2 Å². The molecule has 0 fully saturated rings. The Hall–Kier alpha value is -3.84. The standard InChI is InChI=1S/C23H19ClN2O5/c1-29-14-19(23(28)30-2)18-5-3-4-6-22(18)31-17-11-12-21(27)20(13-17)26-25-16-9-7-15(24)8-10-16/h3-14,27H,1-2H3. The maximum Gasteiger partial charge on any atom is 0.341 e. The number of para-hydroxylation sites is 1. The molecule has 0 radical (unpaired) electrons. The lowest BCUT2D eigenvalue weighted by atomic mass is 10.1. The lowest BCUT2D eigenvalue weighted by Crippen LogP contribution is -2.05. The van der Waals surface area contributed by atoms with Crippen LogP contribution in [-0.4, -0.2) is 25.3 Å². The average Bonchev–Trinajstić information content (AvgIpc) is 2.79. The number of azo groups is 1. The first-order valence-electron chi connectivity index (χ1n) is 9.10. The van der Waals surface area contributed by atoms with Crippen LogP contribution in [0, 0.1) is 0 Å². The van der Waals surface area contributed by atoms with Crippen molar-refractivity contribution in [2.24, 2.45) is 10.2 Å². The third-order valence-electron chi connectivity index (χ3n) is 4.09. The summed E-state index contributed by atoms with van der Waals surface area (Å²) in [5.41, 5.74) is 1.47. The second-order valence-corrected chi connectivity index (χ2v) is 6.62. The molecule has 0 aliphatic carbocycles. The molecule has 0 aliphatic heterocycles. The van der Waals surface area contributed by atoms with E-state index in [4.69, 9.17) is 25.8 Å². The van der Waals surface area contributed by atoms with Gasteiger partial charge in [0, 0.05) is 16.7 Å². The number of esters is 1. The van der Waals surface area contributed by atoms with E-state index in [2.05, 4.69) is 10.2 Å². The van der Waals surface area contributed by atoms with E-state index < -0.39 is 5.97 Å². The Bertz CT molecular complexity index is 1130. The molecule has 0 aliphatic rings. The van der Waals surface area contributed by atoms with Gasteiger partial charge >= 0.3 is 5.97 Å². The molecular formula is C23H19ClN2O5. The molecule has 31 heavy (non-hydrogen) atoms. The Morgan fingerprint density at radius 2 is 1.74 bits per heavy atom. The predicted octanol–water partition coefficient (Wildman–Crippen LogP) is 6.41. The van der Waals surface area contributed by atoms with E-state index in [0.717, 1.165) is 0 Å². The van der Waals surface area contributed by atoms with Gasteiger partial charge in [-0.25, -0.2) is 4.79 Å². The Balaban J connectivity index is 1.90. The van der Waals surface area contributed by atoms with Crippen molar-refractivity contribution in [1.29, 1.82) is 0 Å². The summed E-state index contributed by atoms with van der Waals surface area (Å²) >= 11 is 5.87. The van der Waals surface area contributed by atoms with E-state index in [1.807, 2.05) is 0 Å². The summed E-state index contributed by atoms with van der Waals surface area (Å²) in [5.74, 6) is 0.147. The molecule has 0 aromatic heterocycles. The van der Waals surface area contributed by atoms with E-state index in [9.17, 15) is 9.90 Å². The first-order valence-corrected chi connectivity index (χ1v) is 9.48. The van der Waals surface area contributed by atoms with Gasteiger partial charge in [0.15, 0.2) is 0 Å². The van der Waals surface area contributed by atoms with Crippen molar-refractivity contribution in [2.75, 3.05) is 14.2 Å². The zero-order chi connectivity index (χ0) is 22.2. The normalized spacial score (nSPS) is 11.4. The van der Waals surface area contributed by atoms with Crippen LogP contribution in [0.1, 0.15) is 5.56 Å². The average molecular weight is 439 g/mol. The summed E-state index contributed by atoms with van der Waals surface area (Å²) in [7, 11) is 2.72. The topological polar surface area (TPSA) is 89.7 Å². The van der Waals surface area contributed by atoms with Crippen LogP contribution >= 0.6 is 11.6 Å². The zero-order valence-corrected chi connectivity index (χ0v) is 17.5. The Morgan fingerprint density at radius 3 is 2.45 bits per heavy atom.